The maximum absolute atomic E-state index is 13.5. The number of amides is 1. The van der Waals surface area contributed by atoms with Crippen LogP contribution < -0.4 is 18.9 Å². The molecular formula is C30H29NO7. The largest absolute Gasteiger partial charge is 0.507 e. The van der Waals surface area contributed by atoms with E-state index in [2.05, 4.69) is 0 Å². The Morgan fingerprint density at radius 1 is 0.974 bits per heavy atom. The van der Waals surface area contributed by atoms with Gasteiger partial charge in [-0.3, -0.25) is 9.59 Å². The molecule has 0 spiro atoms. The first-order chi connectivity index (χ1) is 18.4. The van der Waals surface area contributed by atoms with Crippen molar-refractivity contribution in [3.05, 3.63) is 88.5 Å². The molecule has 196 valence electrons. The van der Waals surface area contributed by atoms with Crippen LogP contribution in [0.2, 0.25) is 0 Å². The Morgan fingerprint density at radius 2 is 1.66 bits per heavy atom. The van der Waals surface area contributed by atoms with Crippen molar-refractivity contribution in [2.45, 2.75) is 32.0 Å². The van der Waals surface area contributed by atoms with E-state index in [4.69, 9.17) is 18.9 Å². The molecule has 0 saturated carbocycles. The number of rotatable bonds is 7. The van der Waals surface area contributed by atoms with Gasteiger partial charge in [0.2, 0.25) is 5.75 Å². The van der Waals surface area contributed by atoms with Gasteiger partial charge in [-0.25, -0.2) is 0 Å². The van der Waals surface area contributed by atoms with E-state index in [0.29, 0.717) is 34.8 Å². The minimum absolute atomic E-state index is 0.00730. The van der Waals surface area contributed by atoms with Crippen molar-refractivity contribution in [2.24, 2.45) is 0 Å². The summed E-state index contributed by atoms with van der Waals surface area (Å²) in [6.07, 6.45) is 0.716. The summed E-state index contributed by atoms with van der Waals surface area (Å²) in [5.74, 6) is 0.160. The highest BCUT2D eigenvalue weighted by atomic mass is 16.5. The van der Waals surface area contributed by atoms with Crippen molar-refractivity contribution >= 4 is 17.4 Å². The fraction of sp³-hybridized carbons (Fsp3) is 0.267. The first-order valence-electron chi connectivity index (χ1n) is 12.3. The normalized spacial score (nSPS) is 19.7. The van der Waals surface area contributed by atoms with Crippen LogP contribution in [0.4, 0.5) is 0 Å². The summed E-state index contributed by atoms with van der Waals surface area (Å²) in [7, 11) is 4.49. The Hall–Kier alpha value is -4.46. The number of aliphatic hydroxyl groups is 1. The fourth-order valence-corrected chi connectivity index (χ4v) is 5.15. The molecule has 8 heteroatoms. The summed E-state index contributed by atoms with van der Waals surface area (Å²) in [6, 6.07) is 17.2. The van der Waals surface area contributed by atoms with Gasteiger partial charge in [-0.05, 0) is 53.9 Å². The molecule has 3 aromatic carbocycles. The second-order valence-corrected chi connectivity index (χ2v) is 9.33. The van der Waals surface area contributed by atoms with E-state index >= 15 is 0 Å². The molecule has 8 nitrogen and oxygen atoms in total. The molecule has 3 aromatic rings. The minimum atomic E-state index is -0.896. The predicted octanol–water partition coefficient (Wildman–Crippen LogP) is 4.66. The van der Waals surface area contributed by atoms with Crippen LogP contribution in [0.3, 0.4) is 0 Å². The Kier molecular flexibility index (Phi) is 6.72. The molecule has 2 aliphatic heterocycles. The zero-order valence-corrected chi connectivity index (χ0v) is 21.7. The average Bonchev–Trinajstić information content (AvgIpc) is 3.43. The minimum Gasteiger partial charge on any atom is -0.507 e. The van der Waals surface area contributed by atoms with Crippen LogP contribution in [-0.4, -0.2) is 49.1 Å². The molecular weight excluding hydrogens is 486 g/mol. The second-order valence-electron chi connectivity index (χ2n) is 9.33. The second kappa shape index (κ2) is 10.1. The molecule has 0 radical (unpaired) electrons. The van der Waals surface area contributed by atoms with E-state index in [1.807, 2.05) is 43.3 Å². The van der Waals surface area contributed by atoms with Crippen LogP contribution in [-0.2, 0) is 22.6 Å². The lowest BCUT2D eigenvalue weighted by atomic mass is 9.93. The lowest BCUT2D eigenvalue weighted by Crippen LogP contribution is -2.29. The van der Waals surface area contributed by atoms with Gasteiger partial charge in [0.25, 0.3) is 11.7 Å². The Morgan fingerprint density at radius 3 is 2.29 bits per heavy atom. The highest BCUT2D eigenvalue weighted by Gasteiger charge is 2.46. The third-order valence-electron chi connectivity index (χ3n) is 6.91. The molecule has 5 rings (SSSR count). The summed E-state index contributed by atoms with van der Waals surface area (Å²) in [5.41, 5.74) is 2.75. The maximum atomic E-state index is 13.5. The number of nitrogens with zero attached hydrogens (tertiary/aromatic N) is 1. The van der Waals surface area contributed by atoms with E-state index in [0.717, 1.165) is 16.9 Å². The Labute approximate surface area is 221 Å². The molecule has 2 atom stereocenters. The van der Waals surface area contributed by atoms with Crippen molar-refractivity contribution in [3.8, 4) is 23.0 Å². The average molecular weight is 516 g/mol. The predicted molar refractivity (Wildman–Crippen MR) is 141 cm³/mol. The smallest absolute Gasteiger partial charge is 0.295 e. The van der Waals surface area contributed by atoms with Crippen molar-refractivity contribution < 1.29 is 33.6 Å². The van der Waals surface area contributed by atoms with Crippen LogP contribution >= 0.6 is 0 Å². The topological polar surface area (TPSA) is 94.5 Å². The highest BCUT2D eigenvalue weighted by molar-refractivity contribution is 6.46. The quantitative estimate of drug-likeness (QED) is 0.278. The number of aliphatic hydroxyl groups excluding tert-OH is 1. The number of methoxy groups -OCH3 is 3. The van der Waals surface area contributed by atoms with Crippen molar-refractivity contribution in [1.82, 2.24) is 4.90 Å². The summed E-state index contributed by atoms with van der Waals surface area (Å²) in [4.78, 5) is 28.4. The molecule has 2 heterocycles. The summed E-state index contributed by atoms with van der Waals surface area (Å²) in [6.45, 7) is 2.14. The van der Waals surface area contributed by atoms with Gasteiger partial charge in [0.15, 0.2) is 11.5 Å². The molecule has 1 saturated heterocycles. The lowest BCUT2D eigenvalue weighted by molar-refractivity contribution is -0.140. The molecule has 1 fully saturated rings. The SMILES string of the molecule is COc1cc([C@H]2/C(=C(\O)c3ccc4c(c3)C[C@H](C)O4)C(=O)C(=O)N2Cc2ccccc2)cc(OC)c1OC. The van der Waals surface area contributed by atoms with Gasteiger partial charge in [-0.2, -0.15) is 0 Å². The van der Waals surface area contributed by atoms with Crippen LogP contribution in [0.5, 0.6) is 23.0 Å². The summed E-state index contributed by atoms with van der Waals surface area (Å²) >= 11 is 0. The number of fused-ring (bicyclic) bond motifs is 1. The molecule has 1 amide bonds. The first-order valence-corrected chi connectivity index (χ1v) is 12.3. The molecule has 2 aliphatic rings. The maximum Gasteiger partial charge on any atom is 0.295 e. The van der Waals surface area contributed by atoms with E-state index in [-0.39, 0.29) is 24.0 Å². The van der Waals surface area contributed by atoms with Gasteiger partial charge < -0.3 is 29.0 Å². The highest BCUT2D eigenvalue weighted by Crippen LogP contribution is 2.46. The lowest BCUT2D eigenvalue weighted by Gasteiger charge is -2.26. The number of carbonyl (C=O) groups is 2. The van der Waals surface area contributed by atoms with Gasteiger partial charge >= 0.3 is 0 Å². The standard InChI is InChI=1S/C30H29NO7/c1-17-12-20-13-19(10-11-22(20)38-17)27(32)25-26(21-14-23(35-2)29(37-4)24(15-21)36-3)31(30(34)28(25)33)16-18-8-6-5-7-9-18/h5-11,13-15,17,26,32H,12,16H2,1-4H3/b27-25+/t17-,26-/m0/s1. The number of likely N-dealkylation sites (tertiary alicyclic amines) is 1. The number of hydrogen-bond donors (Lipinski definition) is 1. The Balaban J connectivity index is 1.69. The van der Waals surface area contributed by atoms with E-state index in [9.17, 15) is 14.7 Å². The van der Waals surface area contributed by atoms with Gasteiger partial charge in [0.05, 0.1) is 32.9 Å². The van der Waals surface area contributed by atoms with Crippen LogP contribution in [0.25, 0.3) is 5.76 Å². The van der Waals surface area contributed by atoms with Crippen molar-refractivity contribution in [3.63, 3.8) is 0 Å². The molecule has 38 heavy (non-hydrogen) atoms. The monoisotopic (exact) mass is 515 g/mol. The van der Waals surface area contributed by atoms with Gasteiger partial charge in [0.1, 0.15) is 17.6 Å². The number of Topliss-reactive ketones (excluding diaryl/α,β-unsaturated/α-hetero) is 1. The zero-order valence-electron chi connectivity index (χ0n) is 21.7. The number of ketones is 1. The van der Waals surface area contributed by atoms with Gasteiger partial charge in [0, 0.05) is 18.5 Å². The van der Waals surface area contributed by atoms with E-state index in [1.54, 1.807) is 24.3 Å². The fourth-order valence-electron chi connectivity index (χ4n) is 5.15. The van der Waals surface area contributed by atoms with E-state index < -0.39 is 17.7 Å². The van der Waals surface area contributed by atoms with E-state index in [1.165, 1.54) is 26.2 Å². The molecule has 0 bridgehead atoms. The summed E-state index contributed by atoms with van der Waals surface area (Å²) < 4.78 is 22.3. The first kappa shape index (κ1) is 25.2. The number of benzene rings is 3. The van der Waals surface area contributed by atoms with Crippen LogP contribution in [0, 0.1) is 0 Å². The number of hydrogen-bond acceptors (Lipinski definition) is 7. The van der Waals surface area contributed by atoms with Gasteiger partial charge in [-0.15, -0.1) is 0 Å². The Bertz CT molecular complexity index is 1400. The number of ether oxygens (including phenoxy) is 4. The van der Waals surface area contributed by atoms with Crippen LogP contribution in [0.1, 0.15) is 35.2 Å². The zero-order chi connectivity index (χ0) is 27.0. The molecule has 1 N–H and O–H groups in total. The number of carbonyl (C=O) groups excluding carboxylic acids is 2. The summed E-state index contributed by atoms with van der Waals surface area (Å²) in [5, 5.41) is 11.5. The van der Waals surface area contributed by atoms with Crippen molar-refractivity contribution in [1.29, 1.82) is 0 Å². The van der Waals surface area contributed by atoms with Crippen molar-refractivity contribution in [2.75, 3.05) is 21.3 Å². The molecule has 0 aromatic heterocycles. The molecule has 0 unspecified atom stereocenters. The molecule has 0 aliphatic carbocycles. The van der Waals surface area contributed by atoms with Crippen LogP contribution in [0.15, 0.2) is 66.2 Å². The third-order valence-corrected chi connectivity index (χ3v) is 6.91. The van der Waals surface area contributed by atoms with Gasteiger partial charge in [-0.1, -0.05) is 30.3 Å². The third kappa shape index (κ3) is 4.32.